The third-order valence-corrected chi connectivity index (χ3v) is 4.39. The molecule has 1 aliphatic heterocycles. The Balaban J connectivity index is 2.07. The van der Waals surface area contributed by atoms with E-state index in [-0.39, 0.29) is 5.54 Å². The van der Waals surface area contributed by atoms with Crippen molar-refractivity contribution in [2.45, 2.75) is 31.7 Å². The van der Waals surface area contributed by atoms with Crippen LogP contribution in [0.5, 0.6) is 0 Å². The average molecular weight is 284 g/mol. The second kappa shape index (κ2) is 4.41. The van der Waals surface area contributed by atoms with Crippen LogP contribution in [0.2, 0.25) is 10.0 Å². The third kappa shape index (κ3) is 2.00. The minimum Gasteiger partial charge on any atom is -0.340 e. The van der Waals surface area contributed by atoms with Crippen molar-refractivity contribution in [2.75, 3.05) is 6.54 Å². The summed E-state index contributed by atoms with van der Waals surface area (Å²) in [6.45, 7) is 3.22. The Morgan fingerprint density at radius 2 is 2.00 bits per heavy atom. The van der Waals surface area contributed by atoms with Crippen LogP contribution in [0, 0.1) is 0 Å². The highest BCUT2D eigenvalue weighted by Gasteiger charge is 2.31. The molecule has 96 valence electrons. The van der Waals surface area contributed by atoms with Gasteiger partial charge in [0.05, 0.1) is 26.6 Å². The van der Waals surface area contributed by atoms with Crippen molar-refractivity contribution in [1.29, 1.82) is 0 Å². The smallest absolute Gasteiger partial charge is 0.127 e. The minimum atomic E-state index is -0.0732. The molecular weight excluding hydrogens is 269 g/mol. The Labute approximate surface area is 116 Å². The normalized spacial score (nSPS) is 24.6. The molecule has 0 aliphatic carbocycles. The molecule has 0 radical (unpaired) electrons. The molecule has 1 saturated heterocycles. The summed E-state index contributed by atoms with van der Waals surface area (Å²) in [7, 11) is 0. The van der Waals surface area contributed by atoms with Crippen molar-refractivity contribution >= 4 is 34.2 Å². The van der Waals surface area contributed by atoms with E-state index in [2.05, 4.69) is 22.2 Å². The van der Waals surface area contributed by atoms with Gasteiger partial charge >= 0.3 is 0 Å². The summed E-state index contributed by atoms with van der Waals surface area (Å²) in [6, 6.07) is 3.65. The molecule has 2 N–H and O–H groups in total. The second-order valence-electron chi connectivity index (χ2n) is 5.08. The average Bonchev–Trinajstić information content (AvgIpc) is 2.74. The van der Waals surface area contributed by atoms with Gasteiger partial charge in [0.2, 0.25) is 0 Å². The number of H-pyrrole nitrogens is 1. The van der Waals surface area contributed by atoms with E-state index in [4.69, 9.17) is 23.2 Å². The number of fused-ring (bicyclic) bond motifs is 1. The van der Waals surface area contributed by atoms with Crippen LogP contribution in [0.1, 0.15) is 32.0 Å². The van der Waals surface area contributed by atoms with E-state index in [1.165, 1.54) is 12.8 Å². The quantitative estimate of drug-likeness (QED) is 0.834. The van der Waals surface area contributed by atoms with Crippen LogP contribution in [0.25, 0.3) is 11.0 Å². The van der Waals surface area contributed by atoms with Crippen LogP contribution in [-0.4, -0.2) is 16.5 Å². The van der Waals surface area contributed by atoms with Crippen LogP contribution in [0.4, 0.5) is 0 Å². The summed E-state index contributed by atoms with van der Waals surface area (Å²) >= 11 is 12.0. The first kappa shape index (κ1) is 12.3. The summed E-state index contributed by atoms with van der Waals surface area (Å²) in [6.07, 6.45) is 3.55. The van der Waals surface area contributed by atoms with Crippen molar-refractivity contribution < 1.29 is 0 Å². The summed E-state index contributed by atoms with van der Waals surface area (Å²) in [5.41, 5.74) is 1.73. The molecule has 0 spiro atoms. The second-order valence-corrected chi connectivity index (χ2v) is 5.90. The zero-order valence-corrected chi connectivity index (χ0v) is 11.7. The molecule has 0 amide bonds. The van der Waals surface area contributed by atoms with Gasteiger partial charge in [0.1, 0.15) is 5.82 Å². The summed E-state index contributed by atoms with van der Waals surface area (Å²) < 4.78 is 0. The highest BCUT2D eigenvalue weighted by Crippen LogP contribution is 2.32. The van der Waals surface area contributed by atoms with E-state index in [0.29, 0.717) is 10.0 Å². The first-order chi connectivity index (χ1) is 8.58. The molecule has 5 heteroatoms. The van der Waals surface area contributed by atoms with Crippen LogP contribution in [-0.2, 0) is 5.54 Å². The van der Waals surface area contributed by atoms with E-state index in [1.807, 2.05) is 12.1 Å². The van der Waals surface area contributed by atoms with Gasteiger partial charge in [-0.2, -0.15) is 0 Å². The Kier molecular flexibility index (Phi) is 3.00. The van der Waals surface area contributed by atoms with Gasteiger partial charge < -0.3 is 10.3 Å². The fraction of sp³-hybridized carbons (Fsp3) is 0.462. The SMILES string of the molecule is CC1(c2nc3cc(Cl)c(Cl)cc3[nH]2)CCCCN1. The molecule has 1 aromatic heterocycles. The molecule has 1 aliphatic rings. The van der Waals surface area contributed by atoms with Gasteiger partial charge in [-0.25, -0.2) is 4.98 Å². The Hall–Kier alpha value is -0.770. The fourth-order valence-electron chi connectivity index (χ4n) is 2.52. The molecule has 0 bridgehead atoms. The number of aromatic amines is 1. The van der Waals surface area contributed by atoms with Crippen molar-refractivity contribution in [1.82, 2.24) is 15.3 Å². The molecule has 1 fully saturated rings. The Morgan fingerprint density at radius 1 is 1.22 bits per heavy atom. The predicted octanol–water partition coefficient (Wildman–Crippen LogP) is 3.86. The predicted molar refractivity (Wildman–Crippen MR) is 75.3 cm³/mol. The first-order valence-corrected chi connectivity index (χ1v) is 6.94. The molecule has 2 aromatic rings. The number of rotatable bonds is 1. The maximum absolute atomic E-state index is 6.02. The molecule has 2 heterocycles. The number of nitrogens with zero attached hydrogens (tertiary/aromatic N) is 1. The number of aromatic nitrogens is 2. The van der Waals surface area contributed by atoms with Gasteiger partial charge in [-0.3, -0.25) is 0 Å². The topological polar surface area (TPSA) is 40.7 Å². The van der Waals surface area contributed by atoms with E-state index < -0.39 is 0 Å². The van der Waals surface area contributed by atoms with Gasteiger partial charge in [-0.15, -0.1) is 0 Å². The van der Waals surface area contributed by atoms with Crippen LogP contribution >= 0.6 is 23.2 Å². The lowest BCUT2D eigenvalue weighted by Gasteiger charge is -2.33. The van der Waals surface area contributed by atoms with Crippen LogP contribution < -0.4 is 5.32 Å². The van der Waals surface area contributed by atoms with Gasteiger partial charge in [0, 0.05) is 0 Å². The minimum absolute atomic E-state index is 0.0732. The Bertz CT molecular complexity index is 546. The standard InChI is InChI=1S/C13H15Cl2N3/c1-13(4-2-3-5-16-13)12-17-10-6-8(14)9(15)7-11(10)18-12/h6-7,16H,2-5H2,1H3,(H,17,18). The summed E-state index contributed by atoms with van der Waals surface area (Å²) in [5.74, 6) is 0.968. The lowest BCUT2D eigenvalue weighted by molar-refractivity contribution is 0.271. The summed E-state index contributed by atoms with van der Waals surface area (Å²) in [4.78, 5) is 8.01. The number of nitrogens with one attached hydrogen (secondary N) is 2. The maximum Gasteiger partial charge on any atom is 0.127 e. The molecule has 3 rings (SSSR count). The summed E-state index contributed by atoms with van der Waals surface area (Å²) in [5, 5.41) is 4.64. The van der Waals surface area contributed by atoms with Gasteiger partial charge in [-0.05, 0) is 44.9 Å². The third-order valence-electron chi connectivity index (χ3n) is 3.67. The van der Waals surface area contributed by atoms with Gasteiger partial charge in [-0.1, -0.05) is 23.2 Å². The zero-order chi connectivity index (χ0) is 12.8. The van der Waals surface area contributed by atoms with Crippen LogP contribution in [0.3, 0.4) is 0 Å². The van der Waals surface area contributed by atoms with Crippen molar-refractivity contribution in [2.24, 2.45) is 0 Å². The fourth-order valence-corrected chi connectivity index (χ4v) is 2.85. The lowest BCUT2D eigenvalue weighted by Crippen LogP contribution is -2.44. The van der Waals surface area contributed by atoms with E-state index in [0.717, 1.165) is 29.8 Å². The first-order valence-electron chi connectivity index (χ1n) is 6.19. The maximum atomic E-state index is 6.02. The highest BCUT2D eigenvalue weighted by atomic mass is 35.5. The molecule has 1 atom stereocenters. The number of imidazole rings is 1. The largest absolute Gasteiger partial charge is 0.340 e. The van der Waals surface area contributed by atoms with Gasteiger partial charge in [0.15, 0.2) is 0 Å². The molecular formula is C13H15Cl2N3. The van der Waals surface area contributed by atoms with Crippen LogP contribution in [0.15, 0.2) is 12.1 Å². The van der Waals surface area contributed by atoms with Crippen molar-refractivity contribution in [3.63, 3.8) is 0 Å². The van der Waals surface area contributed by atoms with Crippen molar-refractivity contribution in [3.8, 4) is 0 Å². The number of piperidine rings is 1. The monoisotopic (exact) mass is 283 g/mol. The number of halogens is 2. The molecule has 18 heavy (non-hydrogen) atoms. The molecule has 1 unspecified atom stereocenters. The van der Waals surface area contributed by atoms with E-state index >= 15 is 0 Å². The highest BCUT2D eigenvalue weighted by molar-refractivity contribution is 6.42. The van der Waals surface area contributed by atoms with E-state index in [1.54, 1.807) is 0 Å². The van der Waals surface area contributed by atoms with Crippen molar-refractivity contribution in [3.05, 3.63) is 28.0 Å². The van der Waals surface area contributed by atoms with Gasteiger partial charge in [0.25, 0.3) is 0 Å². The number of benzene rings is 1. The lowest BCUT2D eigenvalue weighted by atomic mass is 9.90. The number of hydrogen-bond donors (Lipinski definition) is 2. The molecule has 1 aromatic carbocycles. The zero-order valence-electron chi connectivity index (χ0n) is 10.2. The van der Waals surface area contributed by atoms with E-state index in [9.17, 15) is 0 Å². The number of hydrogen-bond acceptors (Lipinski definition) is 2. The molecule has 0 saturated carbocycles. The Morgan fingerprint density at radius 3 is 2.72 bits per heavy atom. The molecule has 3 nitrogen and oxygen atoms in total.